The Kier molecular flexibility index (Phi) is 3.68. The fourth-order valence-electron chi connectivity index (χ4n) is 1.53. The molecule has 4 nitrogen and oxygen atoms in total. The summed E-state index contributed by atoms with van der Waals surface area (Å²) in [6.07, 6.45) is 0. The zero-order valence-corrected chi connectivity index (χ0v) is 11.8. The zero-order valence-electron chi connectivity index (χ0n) is 10.2. The normalized spacial score (nSPS) is 11.4. The smallest absolute Gasteiger partial charge is 0.226 e. The van der Waals surface area contributed by atoms with E-state index in [1.54, 1.807) is 29.8 Å². The first-order chi connectivity index (χ1) is 8.55. The molecule has 2 rings (SSSR count). The molecule has 2 aromatic rings. The highest BCUT2D eigenvalue weighted by Crippen LogP contribution is 2.29. The van der Waals surface area contributed by atoms with E-state index in [0.717, 1.165) is 5.56 Å². The largest absolute Gasteiger partial charge is 0.375 e. The molecule has 6 heteroatoms. The maximum atomic E-state index is 12.4. The molecule has 0 aliphatic carbocycles. The summed E-state index contributed by atoms with van der Waals surface area (Å²) in [5.74, 6) is 0. The van der Waals surface area contributed by atoms with Gasteiger partial charge in [0, 0.05) is 6.54 Å². The predicted molar refractivity (Wildman–Crippen MR) is 72.9 cm³/mol. The fourth-order valence-corrected chi connectivity index (χ4v) is 3.94. The zero-order chi connectivity index (χ0) is 13.2. The standard InChI is InChI=1S/C12H14N2O2S2/c1-3-13-11-12(14-8-17-11)18(15,16)10-6-4-9(2)5-7-10/h4-8,13H,3H2,1-2H3. The van der Waals surface area contributed by atoms with Crippen LogP contribution in [0, 0.1) is 6.92 Å². The molecule has 0 amide bonds. The van der Waals surface area contributed by atoms with Gasteiger partial charge in [0.2, 0.25) is 9.84 Å². The molecule has 1 N–H and O–H groups in total. The lowest BCUT2D eigenvalue weighted by Gasteiger charge is -2.05. The van der Waals surface area contributed by atoms with Gasteiger partial charge in [0.1, 0.15) is 5.00 Å². The monoisotopic (exact) mass is 282 g/mol. The van der Waals surface area contributed by atoms with Crippen LogP contribution in [0.3, 0.4) is 0 Å². The van der Waals surface area contributed by atoms with E-state index in [9.17, 15) is 8.42 Å². The molecule has 0 saturated heterocycles. The van der Waals surface area contributed by atoms with Crippen molar-refractivity contribution in [3.05, 3.63) is 35.3 Å². The van der Waals surface area contributed by atoms with Crippen LogP contribution in [0.2, 0.25) is 0 Å². The minimum absolute atomic E-state index is 0.109. The molecule has 0 radical (unpaired) electrons. The first-order valence-corrected chi connectivity index (χ1v) is 7.91. The molecule has 0 aliphatic heterocycles. The number of rotatable bonds is 4. The molecule has 0 fully saturated rings. The minimum Gasteiger partial charge on any atom is -0.375 e. The number of aromatic nitrogens is 1. The van der Waals surface area contributed by atoms with Gasteiger partial charge in [0.05, 0.1) is 10.4 Å². The lowest BCUT2D eigenvalue weighted by molar-refractivity contribution is 0.593. The van der Waals surface area contributed by atoms with Crippen molar-refractivity contribution in [1.29, 1.82) is 0 Å². The van der Waals surface area contributed by atoms with Gasteiger partial charge in [-0.25, -0.2) is 13.4 Å². The number of nitrogens with zero attached hydrogens (tertiary/aromatic N) is 1. The summed E-state index contributed by atoms with van der Waals surface area (Å²) >= 11 is 1.30. The molecule has 0 saturated carbocycles. The predicted octanol–water partition coefficient (Wildman–Crippen LogP) is 2.72. The fraction of sp³-hybridized carbons (Fsp3) is 0.250. The number of hydrogen-bond acceptors (Lipinski definition) is 5. The highest BCUT2D eigenvalue weighted by atomic mass is 32.2. The SMILES string of the molecule is CCNc1scnc1S(=O)(=O)c1ccc(C)cc1. The molecule has 1 aromatic heterocycles. The van der Waals surface area contributed by atoms with E-state index in [2.05, 4.69) is 10.3 Å². The molecule has 0 atom stereocenters. The van der Waals surface area contributed by atoms with Gasteiger partial charge in [-0.15, -0.1) is 11.3 Å². The second kappa shape index (κ2) is 5.07. The van der Waals surface area contributed by atoms with Crippen molar-refractivity contribution in [3.8, 4) is 0 Å². The number of thiazole rings is 1. The third-order valence-corrected chi connectivity index (χ3v) is 5.08. The van der Waals surface area contributed by atoms with E-state index in [-0.39, 0.29) is 9.92 Å². The van der Waals surface area contributed by atoms with Crippen molar-refractivity contribution >= 4 is 26.2 Å². The molecule has 0 bridgehead atoms. The molecule has 18 heavy (non-hydrogen) atoms. The van der Waals surface area contributed by atoms with E-state index in [4.69, 9.17) is 0 Å². The summed E-state index contributed by atoms with van der Waals surface area (Å²) < 4.78 is 24.8. The highest BCUT2D eigenvalue weighted by molar-refractivity contribution is 7.91. The van der Waals surface area contributed by atoms with Crippen LogP contribution in [0.25, 0.3) is 0 Å². The summed E-state index contributed by atoms with van der Waals surface area (Å²) in [4.78, 5) is 4.25. The van der Waals surface area contributed by atoms with Crippen LogP contribution in [-0.4, -0.2) is 19.9 Å². The molecule has 1 aromatic carbocycles. The number of anilines is 1. The second-order valence-corrected chi connectivity index (χ2v) is 6.55. The summed E-state index contributed by atoms with van der Waals surface area (Å²) in [6, 6.07) is 6.79. The highest BCUT2D eigenvalue weighted by Gasteiger charge is 2.23. The Labute approximate surface area is 111 Å². The summed E-state index contributed by atoms with van der Waals surface area (Å²) in [6.45, 7) is 4.50. The third-order valence-electron chi connectivity index (χ3n) is 2.46. The van der Waals surface area contributed by atoms with Gasteiger partial charge in [-0.05, 0) is 26.0 Å². The average molecular weight is 282 g/mol. The molecule has 0 unspecified atom stereocenters. The van der Waals surface area contributed by atoms with Gasteiger partial charge >= 0.3 is 0 Å². The Morgan fingerprint density at radius 1 is 1.28 bits per heavy atom. The van der Waals surface area contributed by atoms with E-state index in [0.29, 0.717) is 11.5 Å². The van der Waals surface area contributed by atoms with E-state index in [1.165, 1.54) is 11.3 Å². The number of sulfone groups is 1. The maximum Gasteiger partial charge on any atom is 0.226 e. The van der Waals surface area contributed by atoms with Crippen molar-refractivity contribution < 1.29 is 8.42 Å². The molecule has 96 valence electrons. The molecule has 1 heterocycles. The van der Waals surface area contributed by atoms with Gasteiger partial charge in [-0.2, -0.15) is 0 Å². The van der Waals surface area contributed by atoms with Crippen molar-refractivity contribution in [1.82, 2.24) is 4.98 Å². The molecular formula is C12H14N2O2S2. The van der Waals surface area contributed by atoms with Gasteiger partial charge in [0.15, 0.2) is 5.03 Å². The van der Waals surface area contributed by atoms with Crippen molar-refractivity contribution in [2.75, 3.05) is 11.9 Å². The Bertz CT molecular complexity index is 630. The maximum absolute atomic E-state index is 12.4. The second-order valence-electron chi connectivity index (χ2n) is 3.83. The Balaban J connectivity index is 2.48. The lowest BCUT2D eigenvalue weighted by Crippen LogP contribution is -2.06. The van der Waals surface area contributed by atoms with Crippen molar-refractivity contribution in [3.63, 3.8) is 0 Å². The Morgan fingerprint density at radius 2 is 1.94 bits per heavy atom. The summed E-state index contributed by atoms with van der Waals surface area (Å²) in [5, 5.41) is 3.73. The van der Waals surface area contributed by atoms with Gasteiger partial charge in [-0.1, -0.05) is 17.7 Å². The van der Waals surface area contributed by atoms with Crippen molar-refractivity contribution in [2.45, 2.75) is 23.8 Å². The first-order valence-electron chi connectivity index (χ1n) is 5.55. The van der Waals surface area contributed by atoms with Crippen LogP contribution in [0.1, 0.15) is 12.5 Å². The summed E-state index contributed by atoms with van der Waals surface area (Å²) in [5.41, 5.74) is 2.57. The van der Waals surface area contributed by atoms with Gasteiger partial charge in [-0.3, -0.25) is 0 Å². The minimum atomic E-state index is -3.53. The van der Waals surface area contributed by atoms with Crippen LogP contribution in [0.5, 0.6) is 0 Å². The molecule has 0 spiro atoms. The Morgan fingerprint density at radius 3 is 2.56 bits per heavy atom. The first kappa shape index (κ1) is 13.0. The topological polar surface area (TPSA) is 59.1 Å². The number of benzene rings is 1. The van der Waals surface area contributed by atoms with Crippen LogP contribution >= 0.6 is 11.3 Å². The summed E-state index contributed by atoms with van der Waals surface area (Å²) in [7, 11) is -3.53. The van der Waals surface area contributed by atoms with Gasteiger partial charge < -0.3 is 5.32 Å². The number of aryl methyl sites for hydroxylation is 1. The van der Waals surface area contributed by atoms with Crippen molar-refractivity contribution in [2.24, 2.45) is 0 Å². The van der Waals surface area contributed by atoms with Gasteiger partial charge in [0.25, 0.3) is 0 Å². The molecular weight excluding hydrogens is 268 g/mol. The van der Waals surface area contributed by atoms with Crippen LogP contribution in [-0.2, 0) is 9.84 Å². The molecule has 0 aliphatic rings. The lowest BCUT2D eigenvalue weighted by atomic mass is 10.2. The van der Waals surface area contributed by atoms with E-state index >= 15 is 0 Å². The van der Waals surface area contributed by atoms with Crippen LogP contribution in [0.15, 0.2) is 39.7 Å². The Hall–Kier alpha value is -1.40. The van der Waals surface area contributed by atoms with E-state index in [1.807, 2.05) is 13.8 Å². The quantitative estimate of drug-likeness (QED) is 0.936. The third kappa shape index (κ3) is 2.39. The van der Waals surface area contributed by atoms with Crippen LogP contribution < -0.4 is 5.32 Å². The van der Waals surface area contributed by atoms with Crippen LogP contribution in [0.4, 0.5) is 5.00 Å². The number of nitrogens with one attached hydrogen (secondary N) is 1. The average Bonchev–Trinajstić information content (AvgIpc) is 2.79. The van der Waals surface area contributed by atoms with E-state index < -0.39 is 9.84 Å². The number of hydrogen-bond donors (Lipinski definition) is 1.